The second-order valence-electron chi connectivity index (χ2n) is 6.46. The molecule has 144 valence electrons. The molecular weight excluding hydrogens is 370 g/mol. The molecule has 0 atom stereocenters. The number of H-pyrrole nitrogens is 1. The molecule has 0 aliphatic carbocycles. The van der Waals surface area contributed by atoms with Gasteiger partial charge in [-0.15, -0.1) is 5.10 Å². The minimum Gasteiger partial charge on any atom is -0.437 e. The molecule has 0 spiro atoms. The molecule has 0 unspecified atom stereocenters. The summed E-state index contributed by atoms with van der Waals surface area (Å²) < 4.78 is 5.84. The molecule has 4 aromatic rings. The number of carbonyl (C=O) groups is 1. The molecule has 2 N–H and O–H groups in total. The quantitative estimate of drug-likeness (QED) is 0.555. The number of fused-ring (bicyclic) bond motifs is 1. The summed E-state index contributed by atoms with van der Waals surface area (Å²) in [5, 5.41) is 18.7. The maximum Gasteiger partial charge on any atom is 0.277 e. The van der Waals surface area contributed by atoms with E-state index in [1.165, 1.54) is 0 Å². The van der Waals surface area contributed by atoms with Crippen LogP contribution in [-0.4, -0.2) is 26.3 Å². The number of aromatic amines is 1. The van der Waals surface area contributed by atoms with Crippen molar-refractivity contribution >= 4 is 22.4 Å². The summed E-state index contributed by atoms with van der Waals surface area (Å²) in [4.78, 5) is 24.5. The van der Waals surface area contributed by atoms with Gasteiger partial charge in [0.15, 0.2) is 0 Å². The predicted octanol–water partition coefficient (Wildman–Crippen LogP) is 3.37. The Hall–Kier alpha value is -4.07. The van der Waals surface area contributed by atoms with Gasteiger partial charge in [-0.25, -0.2) is 5.10 Å². The number of anilines is 1. The molecule has 2 heterocycles. The Morgan fingerprint density at radius 1 is 1.07 bits per heavy atom. The summed E-state index contributed by atoms with van der Waals surface area (Å²) in [6, 6.07) is 14.4. The summed E-state index contributed by atoms with van der Waals surface area (Å²) >= 11 is 0. The number of benzene rings is 2. The van der Waals surface area contributed by atoms with Crippen LogP contribution in [0.4, 0.5) is 5.69 Å². The van der Waals surface area contributed by atoms with Crippen LogP contribution in [0.25, 0.3) is 10.8 Å². The average Bonchev–Trinajstić information content (AvgIpc) is 2.73. The number of nitrogens with one attached hydrogen (secondary N) is 2. The van der Waals surface area contributed by atoms with Gasteiger partial charge in [0.2, 0.25) is 5.88 Å². The van der Waals surface area contributed by atoms with E-state index >= 15 is 0 Å². The molecule has 4 rings (SSSR count). The highest BCUT2D eigenvalue weighted by Crippen LogP contribution is 2.27. The summed E-state index contributed by atoms with van der Waals surface area (Å²) in [6.07, 6.45) is 1.67. The first kappa shape index (κ1) is 18.3. The van der Waals surface area contributed by atoms with Crippen LogP contribution in [0.15, 0.2) is 59.5 Å². The number of hydrogen-bond acceptors (Lipinski definition) is 6. The van der Waals surface area contributed by atoms with Crippen LogP contribution in [0.3, 0.4) is 0 Å². The van der Waals surface area contributed by atoms with Gasteiger partial charge in [-0.3, -0.25) is 9.59 Å². The zero-order chi connectivity index (χ0) is 20.4. The Morgan fingerprint density at radius 2 is 1.83 bits per heavy atom. The molecule has 8 heteroatoms. The average molecular weight is 387 g/mol. The Labute approximate surface area is 165 Å². The number of carbonyl (C=O) groups excluding carboxylic acids is 1. The van der Waals surface area contributed by atoms with Gasteiger partial charge in [0, 0.05) is 16.5 Å². The smallest absolute Gasteiger partial charge is 0.277 e. The molecule has 29 heavy (non-hydrogen) atoms. The normalized spacial score (nSPS) is 10.7. The summed E-state index contributed by atoms with van der Waals surface area (Å²) in [5.41, 5.74) is 1.18. The fourth-order valence-electron chi connectivity index (χ4n) is 2.89. The lowest BCUT2D eigenvalue weighted by molar-refractivity contribution is 0.102. The van der Waals surface area contributed by atoms with Crippen LogP contribution in [0.5, 0.6) is 11.6 Å². The third-order valence-corrected chi connectivity index (χ3v) is 4.56. The van der Waals surface area contributed by atoms with Crippen LogP contribution >= 0.6 is 0 Å². The fourth-order valence-corrected chi connectivity index (χ4v) is 2.89. The summed E-state index contributed by atoms with van der Waals surface area (Å²) in [6.45, 7) is 3.42. The number of rotatable bonds is 4. The maximum atomic E-state index is 12.5. The Kier molecular flexibility index (Phi) is 4.74. The summed E-state index contributed by atoms with van der Waals surface area (Å²) in [7, 11) is 0. The van der Waals surface area contributed by atoms with E-state index < -0.39 is 11.5 Å². The number of aryl methyl sites for hydroxylation is 1. The van der Waals surface area contributed by atoms with Crippen molar-refractivity contribution in [1.29, 1.82) is 0 Å². The molecular formula is C21H17N5O3. The van der Waals surface area contributed by atoms with Crippen molar-refractivity contribution < 1.29 is 9.53 Å². The Bertz CT molecular complexity index is 1260. The van der Waals surface area contributed by atoms with Gasteiger partial charge < -0.3 is 10.1 Å². The monoisotopic (exact) mass is 387 g/mol. The van der Waals surface area contributed by atoms with Crippen LogP contribution in [0.1, 0.15) is 21.6 Å². The van der Waals surface area contributed by atoms with Crippen molar-refractivity contribution in [2.45, 2.75) is 13.8 Å². The lowest BCUT2D eigenvalue weighted by Gasteiger charge is -2.10. The highest BCUT2D eigenvalue weighted by atomic mass is 16.5. The van der Waals surface area contributed by atoms with Gasteiger partial charge in [-0.1, -0.05) is 18.2 Å². The second kappa shape index (κ2) is 7.51. The molecule has 0 bridgehead atoms. The highest BCUT2D eigenvalue weighted by molar-refractivity contribution is 6.05. The topological polar surface area (TPSA) is 110 Å². The Balaban J connectivity index is 1.53. The van der Waals surface area contributed by atoms with Crippen molar-refractivity contribution in [3.8, 4) is 11.6 Å². The molecule has 2 aromatic carbocycles. The van der Waals surface area contributed by atoms with E-state index in [1.807, 2.05) is 24.3 Å². The van der Waals surface area contributed by atoms with E-state index in [1.54, 1.807) is 44.3 Å². The molecule has 0 aliphatic rings. The molecule has 0 saturated carbocycles. The molecule has 0 radical (unpaired) electrons. The molecule has 1 amide bonds. The zero-order valence-corrected chi connectivity index (χ0v) is 15.8. The predicted molar refractivity (Wildman–Crippen MR) is 108 cm³/mol. The number of nitrogens with zero attached hydrogens (tertiary/aromatic N) is 3. The van der Waals surface area contributed by atoms with Crippen molar-refractivity contribution in [3.05, 3.63) is 81.9 Å². The largest absolute Gasteiger partial charge is 0.437 e. The van der Waals surface area contributed by atoms with E-state index in [0.29, 0.717) is 28.6 Å². The van der Waals surface area contributed by atoms with Gasteiger partial charge in [0.05, 0.1) is 11.9 Å². The van der Waals surface area contributed by atoms with Gasteiger partial charge in [0.1, 0.15) is 11.3 Å². The maximum absolute atomic E-state index is 12.5. The van der Waals surface area contributed by atoms with Gasteiger partial charge in [-0.2, -0.15) is 10.2 Å². The molecule has 0 fully saturated rings. The first-order chi connectivity index (χ1) is 14.0. The Morgan fingerprint density at radius 3 is 2.62 bits per heavy atom. The highest BCUT2D eigenvalue weighted by Gasteiger charge is 2.16. The van der Waals surface area contributed by atoms with Crippen LogP contribution in [0, 0.1) is 13.8 Å². The standard InChI is InChI=1S/C21H17N5O3/c1-12-13(2)24-25-20(28)18(12)19(27)23-15-7-9-16(10-8-15)29-21-17-6-4-3-5-14(17)11-22-26-21/h3-11H,1-2H3,(H,23,27)(H,25,28). The van der Waals surface area contributed by atoms with Crippen LogP contribution in [-0.2, 0) is 0 Å². The van der Waals surface area contributed by atoms with Crippen molar-refractivity contribution in [1.82, 2.24) is 20.4 Å². The second-order valence-corrected chi connectivity index (χ2v) is 6.46. The van der Waals surface area contributed by atoms with Crippen molar-refractivity contribution in [2.75, 3.05) is 5.32 Å². The molecule has 2 aromatic heterocycles. The molecule has 8 nitrogen and oxygen atoms in total. The lowest BCUT2D eigenvalue weighted by Crippen LogP contribution is -2.26. The minimum absolute atomic E-state index is 0.0452. The third-order valence-electron chi connectivity index (χ3n) is 4.56. The minimum atomic E-state index is -0.528. The van der Waals surface area contributed by atoms with E-state index in [0.717, 1.165) is 10.8 Å². The van der Waals surface area contributed by atoms with Crippen molar-refractivity contribution in [2.24, 2.45) is 0 Å². The van der Waals surface area contributed by atoms with E-state index in [2.05, 4.69) is 25.7 Å². The van der Waals surface area contributed by atoms with E-state index in [9.17, 15) is 9.59 Å². The number of amides is 1. The first-order valence-electron chi connectivity index (χ1n) is 8.88. The van der Waals surface area contributed by atoms with Crippen LogP contribution in [0.2, 0.25) is 0 Å². The zero-order valence-electron chi connectivity index (χ0n) is 15.8. The van der Waals surface area contributed by atoms with E-state index in [-0.39, 0.29) is 5.56 Å². The van der Waals surface area contributed by atoms with Gasteiger partial charge >= 0.3 is 0 Å². The fraction of sp³-hybridized carbons (Fsp3) is 0.0952. The number of ether oxygens (including phenoxy) is 1. The first-order valence-corrected chi connectivity index (χ1v) is 8.88. The third kappa shape index (κ3) is 3.68. The van der Waals surface area contributed by atoms with Crippen LogP contribution < -0.4 is 15.6 Å². The number of aromatic nitrogens is 4. The molecule has 0 saturated heterocycles. The summed E-state index contributed by atoms with van der Waals surface area (Å²) in [5.74, 6) is 0.444. The SMILES string of the molecule is Cc1n[nH]c(=O)c(C(=O)Nc2ccc(Oc3nncc4ccccc34)cc2)c1C. The van der Waals surface area contributed by atoms with Gasteiger partial charge in [-0.05, 0) is 49.7 Å². The van der Waals surface area contributed by atoms with E-state index in [4.69, 9.17) is 4.74 Å². The number of hydrogen-bond donors (Lipinski definition) is 2. The van der Waals surface area contributed by atoms with Crippen molar-refractivity contribution in [3.63, 3.8) is 0 Å². The van der Waals surface area contributed by atoms with Gasteiger partial charge in [0.25, 0.3) is 11.5 Å². The lowest BCUT2D eigenvalue weighted by atomic mass is 10.1. The molecule has 0 aliphatic heterocycles.